The van der Waals surface area contributed by atoms with E-state index in [4.69, 9.17) is 0 Å². The standard InChI is InChI=1S/C15H19FN6/c1-10-11(2)19-12(3)20-14(10)21-4-6-22(7-5-21)15-17-8-13(16)9-18-15/h8-9H,4-7H2,1-3H3. The molecule has 3 heterocycles. The number of hydrogen-bond acceptors (Lipinski definition) is 6. The molecule has 1 saturated heterocycles. The molecular weight excluding hydrogens is 283 g/mol. The third kappa shape index (κ3) is 2.84. The summed E-state index contributed by atoms with van der Waals surface area (Å²) in [5.74, 6) is 1.96. The van der Waals surface area contributed by atoms with Gasteiger partial charge in [-0.3, -0.25) is 0 Å². The minimum Gasteiger partial charge on any atom is -0.353 e. The Labute approximate surface area is 129 Å². The molecule has 0 saturated carbocycles. The third-order valence-electron chi connectivity index (χ3n) is 3.94. The highest BCUT2D eigenvalue weighted by atomic mass is 19.1. The normalized spacial score (nSPS) is 15.3. The van der Waals surface area contributed by atoms with E-state index < -0.39 is 5.82 Å². The van der Waals surface area contributed by atoms with E-state index in [0.717, 1.165) is 49.1 Å². The maximum absolute atomic E-state index is 12.9. The van der Waals surface area contributed by atoms with Gasteiger partial charge in [-0.25, -0.2) is 24.3 Å². The van der Waals surface area contributed by atoms with Gasteiger partial charge in [0, 0.05) is 37.4 Å². The number of halogens is 1. The number of piperazine rings is 1. The number of aryl methyl sites for hydroxylation is 2. The topological polar surface area (TPSA) is 58.0 Å². The van der Waals surface area contributed by atoms with Crippen molar-refractivity contribution in [3.63, 3.8) is 0 Å². The molecule has 0 spiro atoms. The van der Waals surface area contributed by atoms with Crippen LogP contribution in [0.3, 0.4) is 0 Å². The van der Waals surface area contributed by atoms with Crippen LogP contribution >= 0.6 is 0 Å². The van der Waals surface area contributed by atoms with Crippen molar-refractivity contribution < 1.29 is 4.39 Å². The molecule has 116 valence electrons. The molecule has 2 aromatic heterocycles. The van der Waals surface area contributed by atoms with Gasteiger partial charge < -0.3 is 9.80 Å². The summed E-state index contributed by atoms with van der Waals surface area (Å²) in [6.45, 7) is 9.21. The van der Waals surface area contributed by atoms with Gasteiger partial charge >= 0.3 is 0 Å². The number of aromatic nitrogens is 4. The van der Waals surface area contributed by atoms with Gasteiger partial charge in [0.2, 0.25) is 5.95 Å². The third-order valence-corrected chi connectivity index (χ3v) is 3.94. The van der Waals surface area contributed by atoms with E-state index in [1.807, 2.05) is 13.8 Å². The molecule has 0 unspecified atom stereocenters. The fourth-order valence-corrected chi connectivity index (χ4v) is 2.65. The van der Waals surface area contributed by atoms with Gasteiger partial charge in [0.25, 0.3) is 0 Å². The Bertz CT molecular complexity index is 664. The molecule has 6 nitrogen and oxygen atoms in total. The second kappa shape index (κ2) is 5.82. The Kier molecular flexibility index (Phi) is 3.87. The van der Waals surface area contributed by atoms with E-state index in [0.29, 0.717) is 5.95 Å². The Morgan fingerprint density at radius 1 is 0.909 bits per heavy atom. The van der Waals surface area contributed by atoms with Crippen molar-refractivity contribution in [2.75, 3.05) is 36.0 Å². The second-order valence-electron chi connectivity index (χ2n) is 5.48. The smallest absolute Gasteiger partial charge is 0.225 e. The first kappa shape index (κ1) is 14.6. The minimum atomic E-state index is -0.412. The lowest BCUT2D eigenvalue weighted by molar-refractivity contribution is 0.601. The fraction of sp³-hybridized carbons (Fsp3) is 0.467. The zero-order valence-corrected chi connectivity index (χ0v) is 13.0. The summed E-state index contributed by atoms with van der Waals surface area (Å²) in [4.78, 5) is 21.4. The van der Waals surface area contributed by atoms with E-state index >= 15 is 0 Å². The minimum absolute atomic E-state index is 0.412. The quantitative estimate of drug-likeness (QED) is 0.841. The van der Waals surface area contributed by atoms with Gasteiger partial charge in [0.15, 0.2) is 5.82 Å². The van der Waals surface area contributed by atoms with Crippen LogP contribution in [-0.2, 0) is 0 Å². The largest absolute Gasteiger partial charge is 0.353 e. The van der Waals surface area contributed by atoms with Gasteiger partial charge in [0.1, 0.15) is 11.6 Å². The summed E-state index contributed by atoms with van der Waals surface area (Å²) in [5.41, 5.74) is 2.14. The molecule has 0 bridgehead atoms. The molecule has 1 aliphatic heterocycles. The van der Waals surface area contributed by atoms with Gasteiger partial charge in [-0.15, -0.1) is 0 Å². The van der Waals surface area contributed by atoms with Crippen LogP contribution in [0.15, 0.2) is 12.4 Å². The van der Waals surface area contributed by atoms with Gasteiger partial charge in [0.05, 0.1) is 12.4 Å². The molecule has 1 aliphatic rings. The summed E-state index contributed by atoms with van der Waals surface area (Å²) in [6, 6.07) is 0. The average Bonchev–Trinajstić information content (AvgIpc) is 2.52. The van der Waals surface area contributed by atoms with E-state index in [-0.39, 0.29) is 0 Å². The van der Waals surface area contributed by atoms with Crippen LogP contribution in [-0.4, -0.2) is 46.1 Å². The second-order valence-corrected chi connectivity index (χ2v) is 5.48. The number of anilines is 2. The molecule has 2 aromatic rings. The highest BCUT2D eigenvalue weighted by molar-refractivity contribution is 5.50. The van der Waals surface area contributed by atoms with Crippen molar-refractivity contribution in [1.29, 1.82) is 0 Å². The van der Waals surface area contributed by atoms with E-state index in [1.165, 1.54) is 12.4 Å². The van der Waals surface area contributed by atoms with Crippen LogP contribution in [0.2, 0.25) is 0 Å². The van der Waals surface area contributed by atoms with Crippen LogP contribution in [0.25, 0.3) is 0 Å². The van der Waals surface area contributed by atoms with E-state index in [2.05, 4.69) is 36.7 Å². The lowest BCUT2D eigenvalue weighted by atomic mass is 10.2. The first-order valence-electron chi connectivity index (χ1n) is 7.34. The fourth-order valence-electron chi connectivity index (χ4n) is 2.65. The molecule has 0 atom stereocenters. The van der Waals surface area contributed by atoms with Crippen LogP contribution in [0.4, 0.5) is 16.2 Å². The molecule has 0 aromatic carbocycles. The number of rotatable bonds is 2. The first-order chi connectivity index (χ1) is 10.5. The van der Waals surface area contributed by atoms with Gasteiger partial charge in [-0.2, -0.15) is 0 Å². The van der Waals surface area contributed by atoms with Crippen LogP contribution < -0.4 is 9.80 Å². The van der Waals surface area contributed by atoms with Gasteiger partial charge in [-0.05, 0) is 20.8 Å². The van der Waals surface area contributed by atoms with E-state index in [9.17, 15) is 4.39 Å². The Morgan fingerprint density at radius 2 is 1.50 bits per heavy atom. The lowest BCUT2D eigenvalue weighted by Crippen LogP contribution is -2.47. The SMILES string of the molecule is Cc1nc(C)c(C)c(N2CCN(c3ncc(F)cn3)CC2)n1. The maximum atomic E-state index is 12.9. The van der Waals surface area contributed by atoms with Crippen molar-refractivity contribution in [3.05, 3.63) is 35.3 Å². The number of hydrogen-bond donors (Lipinski definition) is 0. The molecule has 22 heavy (non-hydrogen) atoms. The predicted octanol–water partition coefficient (Wildman–Crippen LogP) is 1.66. The van der Waals surface area contributed by atoms with Crippen LogP contribution in [0, 0.1) is 26.6 Å². The molecule has 0 radical (unpaired) electrons. The Hall–Kier alpha value is -2.31. The zero-order chi connectivity index (χ0) is 15.7. The monoisotopic (exact) mass is 302 g/mol. The molecule has 3 rings (SSSR count). The molecular formula is C15H19FN6. The summed E-state index contributed by atoms with van der Waals surface area (Å²) < 4.78 is 12.9. The molecule has 1 fully saturated rings. The van der Waals surface area contributed by atoms with Crippen LogP contribution in [0.5, 0.6) is 0 Å². The average molecular weight is 302 g/mol. The van der Waals surface area contributed by atoms with Crippen LogP contribution in [0.1, 0.15) is 17.1 Å². The highest BCUT2D eigenvalue weighted by Crippen LogP contribution is 2.21. The van der Waals surface area contributed by atoms with Crippen molar-refractivity contribution in [2.24, 2.45) is 0 Å². The Balaban J connectivity index is 1.73. The summed E-state index contributed by atoms with van der Waals surface area (Å²) in [5, 5.41) is 0. The summed E-state index contributed by atoms with van der Waals surface area (Å²) in [6.07, 6.45) is 2.41. The number of nitrogens with zero attached hydrogens (tertiary/aromatic N) is 6. The van der Waals surface area contributed by atoms with E-state index in [1.54, 1.807) is 0 Å². The predicted molar refractivity (Wildman–Crippen MR) is 82.7 cm³/mol. The van der Waals surface area contributed by atoms with Crippen molar-refractivity contribution in [1.82, 2.24) is 19.9 Å². The summed E-state index contributed by atoms with van der Waals surface area (Å²) >= 11 is 0. The highest BCUT2D eigenvalue weighted by Gasteiger charge is 2.22. The summed E-state index contributed by atoms with van der Waals surface area (Å²) in [7, 11) is 0. The van der Waals surface area contributed by atoms with Crippen molar-refractivity contribution in [2.45, 2.75) is 20.8 Å². The first-order valence-corrected chi connectivity index (χ1v) is 7.34. The molecule has 0 amide bonds. The Morgan fingerprint density at radius 3 is 2.14 bits per heavy atom. The maximum Gasteiger partial charge on any atom is 0.225 e. The molecule has 7 heteroatoms. The van der Waals surface area contributed by atoms with Gasteiger partial charge in [-0.1, -0.05) is 0 Å². The van der Waals surface area contributed by atoms with Crippen molar-refractivity contribution in [3.8, 4) is 0 Å². The zero-order valence-electron chi connectivity index (χ0n) is 13.0. The lowest BCUT2D eigenvalue weighted by Gasteiger charge is -2.36. The molecule has 0 N–H and O–H groups in total. The molecule has 0 aliphatic carbocycles. The van der Waals surface area contributed by atoms with Crippen molar-refractivity contribution >= 4 is 11.8 Å².